The molecule has 418 valence electrons. The number of hydrogen-bond acceptors (Lipinski definition) is 6. The summed E-state index contributed by atoms with van der Waals surface area (Å²) in [6, 6.07) is 0. The standard InChI is InChI=1S/C65H122O6/c1-4-7-10-13-16-19-22-25-28-31-33-35-37-40-43-46-49-52-55-58-64(67)70-61-62(60-69-63(66)57-54-51-48-45-42-39-36-30-27-24-21-18-15-12-9-6-3)71-65(68)59-56-53-50-47-44-41-38-34-32-29-26-23-20-17-14-11-8-5-2/h25,28,30,36,62H,4-24,26-27,29,31-35,37-61H2,1-3H3/b28-25-,36-30-. The SMILES string of the molecule is CCCCCCCC/C=C\CCCCCCCCCCCC(=O)OCC(COC(=O)CCCCCCC/C=C\CCCCCCCCC)OC(=O)CCCCCCCCCCCCCCCCCCCC. The molecule has 0 fully saturated rings. The third-order valence-electron chi connectivity index (χ3n) is 14.4. The summed E-state index contributed by atoms with van der Waals surface area (Å²) in [6.45, 7) is 6.69. The van der Waals surface area contributed by atoms with E-state index in [4.69, 9.17) is 14.2 Å². The van der Waals surface area contributed by atoms with Crippen molar-refractivity contribution in [2.75, 3.05) is 13.2 Å². The molecule has 6 nitrogen and oxygen atoms in total. The minimum atomic E-state index is -0.772. The molecule has 0 radical (unpaired) electrons. The van der Waals surface area contributed by atoms with E-state index in [-0.39, 0.29) is 31.1 Å². The van der Waals surface area contributed by atoms with Gasteiger partial charge in [-0.1, -0.05) is 289 Å². The van der Waals surface area contributed by atoms with Crippen molar-refractivity contribution in [3.8, 4) is 0 Å². The second kappa shape index (κ2) is 60.4. The van der Waals surface area contributed by atoms with Crippen molar-refractivity contribution in [1.29, 1.82) is 0 Å². The lowest BCUT2D eigenvalue weighted by molar-refractivity contribution is -0.167. The van der Waals surface area contributed by atoms with Gasteiger partial charge in [0.05, 0.1) is 0 Å². The smallest absolute Gasteiger partial charge is 0.306 e. The van der Waals surface area contributed by atoms with Crippen LogP contribution in [0.4, 0.5) is 0 Å². The van der Waals surface area contributed by atoms with E-state index in [9.17, 15) is 14.4 Å². The van der Waals surface area contributed by atoms with Gasteiger partial charge in [-0.3, -0.25) is 14.4 Å². The van der Waals surface area contributed by atoms with Crippen LogP contribution in [-0.4, -0.2) is 37.2 Å². The molecular weight excluding hydrogens is 877 g/mol. The van der Waals surface area contributed by atoms with Crippen molar-refractivity contribution >= 4 is 17.9 Å². The second-order valence-electron chi connectivity index (χ2n) is 21.7. The average Bonchev–Trinajstić information content (AvgIpc) is 3.37. The van der Waals surface area contributed by atoms with Crippen LogP contribution in [0.5, 0.6) is 0 Å². The van der Waals surface area contributed by atoms with Gasteiger partial charge in [-0.15, -0.1) is 0 Å². The summed E-state index contributed by atoms with van der Waals surface area (Å²) in [5.74, 6) is -0.854. The van der Waals surface area contributed by atoms with Crippen LogP contribution in [0.25, 0.3) is 0 Å². The van der Waals surface area contributed by atoms with Crippen LogP contribution in [0.15, 0.2) is 24.3 Å². The lowest BCUT2D eigenvalue weighted by Gasteiger charge is -2.18. The molecule has 0 aromatic rings. The van der Waals surface area contributed by atoms with E-state index in [1.807, 2.05) is 0 Å². The van der Waals surface area contributed by atoms with E-state index in [0.29, 0.717) is 19.3 Å². The summed E-state index contributed by atoms with van der Waals surface area (Å²) >= 11 is 0. The Balaban J connectivity index is 4.33. The molecule has 0 saturated heterocycles. The fraction of sp³-hybridized carbons (Fsp3) is 0.892. The summed E-state index contributed by atoms with van der Waals surface area (Å²) in [5.41, 5.74) is 0. The maximum Gasteiger partial charge on any atom is 0.306 e. The molecule has 0 heterocycles. The maximum absolute atomic E-state index is 12.9. The number of esters is 3. The molecule has 0 N–H and O–H groups in total. The topological polar surface area (TPSA) is 78.9 Å². The molecule has 0 saturated carbocycles. The first-order valence-electron chi connectivity index (χ1n) is 31.8. The Hall–Kier alpha value is -2.11. The monoisotopic (exact) mass is 999 g/mol. The molecule has 0 spiro atoms. The van der Waals surface area contributed by atoms with E-state index < -0.39 is 6.10 Å². The molecule has 0 aliphatic carbocycles. The molecule has 0 aromatic carbocycles. The second-order valence-corrected chi connectivity index (χ2v) is 21.7. The van der Waals surface area contributed by atoms with Crippen LogP contribution in [-0.2, 0) is 28.6 Å². The minimum Gasteiger partial charge on any atom is -0.462 e. The Morgan fingerprint density at radius 3 is 0.704 bits per heavy atom. The highest BCUT2D eigenvalue weighted by atomic mass is 16.6. The third-order valence-corrected chi connectivity index (χ3v) is 14.4. The van der Waals surface area contributed by atoms with Crippen LogP contribution in [0, 0.1) is 0 Å². The highest BCUT2D eigenvalue weighted by Crippen LogP contribution is 2.17. The van der Waals surface area contributed by atoms with E-state index in [0.717, 1.165) is 64.2 Å². The van der Waals surface area contributed by atoms with Crippen LogP contribution < -0.4 is 0 Å². The first-order chi connectivity index (χ1) is 35.0. The molecule has 0 amide bonds. The molecule has 6 heteroatoms. The Labute approximate surface area is 443 Å². The lowest BCUT2D eigenvalue weighted by Crippen LogP contribution is -2.30. The Morgan fingerprint density at radius 1 is 0.268 bits per heavy atom. The number of allylic oxidation sites excluding steroid dienone is 4. The zero-order valence-corrected chi connectivity index (χ0v) is 48.0. The minimum absolute atomic E-state index is 0.0701. The van der Waals surface area contributed by atoms with Gasteiger partial charge in [0.25, 0.3) is 0 Å². The van der Waals surface area contributed by atoms with Gasteiger partial charge in [0.15, 0.2) is 6.10 Å². The number of carbonyl (C=O) groups is 3. The van der Waals surface area contributed by atoms with Crippen molar-refractivity contribution in [3.63, 3.8) is 0 Å². The molecule has 1 unspecified atom stereocenters. The Bertz CT molecular complexity index is 1150. The summed E-state index contributed by atoms with van der Waals surface area (Å²) in [7, 11) is 0. The normalized spacial score (nSPS) is 12.1. The highest BCUT2D eigenvalue weighted by Gasteiger charge is 2.19. The number of rotatable bonds is 59. The number of carbonyl (C=O) groups excluding carboxylic acids is 3. The zero-order valence-electron chi connectivity index (χ0n) is 48.0. The van der Waals surface area contributed by atoms with Gasteiger partial charge in [-0.05, 0) is 70.6 Å². The van der Waals surface area contributed by atoms with Gasteiger partial charge in [-0.2, -0.15) is 0 Å². The van der Waals surface area contributed by atoms with Crippen molar-refractivity contribution in [2.45, 2.75) is 361 Å². The van der Waals surface area contributed by atoms with Gasteiger partial charge in [0.1, 0.15) is 13.2 Å². The molecule has 71 heavy (non-hydrogen) atoms. The van der Waals surface area contributed by atoms with E-state index >= 15 is 0 Å². The van der Waals surface area contributed by atoms with Crippen LogP contribution in [0.3, 0.4) is 0 Å². The van der Waals surface area contributed by atoms with E-state index in [1.165, 1.54) is 250 Å². The first kappa shape index (κ1) is 68.9. The van der Waals surface area contributed by atoms with Crippen molar-refractivity contribution in [1.82, 2.24) is 0 Å². The molecule has 0 aromatic heterocycles. The fourth-order valence-corrected chi connectivity index (χ4v) is 9.61. The maximum atomic E-state index is 12.9. The molecule has 0 aliphatic rings. The Morgan fingerprint density at radius 2 is 0.465 bits per heavy atom. The predicted octanol–water partition coefficient (Wildman–Crippen LogP) is 21.4. The summed E-state index contributed by atoms with van der Waals surface area (Å²) in [5, 5.41) is 0. The molecule has 0 aliphatic heterocycles. The summed E-state index contributed by atoms with van der Waals surface area (Å²) in [6.07, 6.45) is 71.8. The molecule has 0 rings (SSSR count). The number of ether oxygens (including phenoxy) is 3. The molecule has 0 bridgehead atoms. The number of unbranched alkanes of at least 4 members (excludes halogenated alkanes) is 44. The predicted molar refractivity (Wildman–Crippen MR) is 307 cm³/mol. The first-order valence-corrected chi connectivity index (χ1v) is 31.8. The van der Waals surface area contributed by atoms with Crippen LogP contribution in [0.2, 0.25) is 0 Å². The van der Waals surface area contributed by atoms with Crippen LogP contribution >= 0.6 is 0 Å². The quantitative estimate of drug-likeness (QED) is 0.0261. The third kappa shape index (κ3) is 58.7. The van der Waals surface area contributed by atoms with Crippen molar-refractivity contribution in [2.24, 2.45) is 0 Å². The average molecular weight is 1000 g/mol. The van der Waals surface area contributed by atoms with Gasteiger partial charge < -0.3 is 14.2 Å². The summed E-state index contributed by atoms with van der Waals surface area (Å²) in [4.78, 5) is 38.3. The van der Waals surface area contributed by atoms with Gasteiger partial charge in [0, 0.05) is 19.3 Å². The van der Waals surface area contributed by atoms with E-state index in [2.05, 4.69) is 45.1 Å². The molecule has 1 atom stereocenters. The van der Waals surface area contributed by atoms with Crippen molar-refractivity contribution < 1.29 is 28.6 Å². The summed E-state index contributed by atoms with van der Waals surface area (Å²) < 4.78 is 16.9. The fourth-order valence-electron chi connectivity index (χ4n) is 9.61. The largest absolute Gasteiger partial charge is 0.462 e. The van der Waals surface area contributed by atoms with Gasteiger partial charge in [0.2, 0.25) is 0 Å². The Kier molecular flexibility index (Phi) is 58.6. The van der Waals surface area contributed by atoms with Gasteiger partial charge in [-0.25, -0.2) is 0 Å². The van der Waals surface area contributed by atoms with Gasteiger partial charge >= 0.3 is 17.9 Å². The zero-order chi connectivity index (χ0) is 51.4. The van der Waals surface area contributed by atoms with E-state index in [1.54, 1.807) is 0 Å². The number of hydrogen-bond donors (Lipinski definition) is 0. The highest BCUT2D eigenvalue weighted by molar-refractivity contribution is 5.71. The molecular formula is C65H122O6. The lowest BCUT2D eigenvalue weighted by atomic mass is 10.0. The van der Waals surface area contributed by atoms with Crippen molar-refractivity contribution in [3.05, 3.63) is 24.3 Å². The van der Waals surface area contributed by atoms with Crippen LogP contribution in [0.1, 0.15) is 355 Å².